The third kappa shape index (κ3) is 3.20. The van der Waals surface area contributed by atoms with Crippen LogP contribution in [0.15, 0.2) is 18.2 Å². The second-order valence-corrected chi connectivity index (χ2v) is 3.46. The van der Waals surface area contributed by atoms with Crippen LogP contribution < -0.4 is 15.8 Å². The number of halogens is 1. The fourth-order valence-corrected chi connectivity index (χ4v) is 1.16. The smallest absolute Gasteiger partial charge is 0.234 e. The van der Waals surface area contributed by atoms with Gasteiger partial charge in [0.1, 0.15) is 11.6 Å². The molecule has 0 bridgehead atoms. The van der Waals surface area contributed by atoms with E-state index in [1.54, 1.807) is 19.1 Å². The van der Waals surface area contributed by atoms with Crippen molar-refractivity contribution in [2.24, 2.45) is 5.73 Å². The predicted octanol–water partition coefficient (Wildman–Crippen LogP) is 0.798. The maximum absolute atomic E-state index is 13.5. The normalized spacial score (nSPS) is 12.2. The largest absolute Gasteiger partial charge is 0.497 e. The lowest BCUT2D eigenvalue weighted by atomic mass is 10.2. The van der Waals surface area contributed by atoms with Crippen LogP contribution in [0.1, 0.15) is 12.5 Å². The van der Waals surface area contributed by atoms with E-state index in [2.05, 4.69) is 5.32 Å². The van der Waals surface area contributed by atoms with Gasteiger partial charge in [-0.3, -0.25) is 4.79 Å². The van der Waals surface area contributed by atoms with Crippen LogP contribution in [0.5, 0.6) is 5.75 Å². The van der Waals surface area contributed by atoms with Gasteiger partial charge in [-0.05, 0) is 13.0 Å². The molecule has 0 fully saturated rings. The average Bonchev–Trinajstić information content (AvgIpc) is 2.26. The van der Waals surface area contributed by atoms with Crippen molar-refractivity contribution in [3.8, 4) is 5.75 Å². The van der Waals surface area contributed by atoms with Crippen LogP contribution in [0.2, 0.25) is 0 Å². The number of carbonyl (C=O) groups is 1. The molecule has 0 radical (unpaired) electrons. The summed E-state index contributed by atoms with van der Waals surface area (Å²) in [5.74, 6) is -0.373. The highest BCUT2D eigenvalue weighted by Crippen LogP contribution is 2.15. The molecule has 0 aliphatic carbocycles. The van der Waals surface area contributed by atoms with Gasteiger partial charge in [-0.1, -0.05) is 6.07 Å². The van der Waals surface area contributed by atoms with Gasteiger partial charge >= 0.3 is 0 Å². The van der Waals surface area contributed by atoms with E-state index in [1.165, 1.54) is 13.2 Å². The highest BCUT2D eigenvalue weighted by molar-refractivity contribution is 5.79. The molecular weight excluding hydrogens is 211 g/mol. The summed E-state index contributed by atoms with van der Waals surface area (Å²) in [7, 11) is 1.47. The fraction of sp³-hybridized carbons (Fsp3) is 0.364. The number of ether oxygens (including phenoxy) is 1. The summed E-state index contributed by atoms with van der Waals surface area (Å²) in [6, 6.07) is 4.08. The number of hydrogen-bond acceptors (Lipinski definition) is 3. The van der Waals surface area contributed by atoms with E-state index in [0.29, 0.717) is 11.3 Å². The Bertz CT molecular complexity index is 382. The first-order valence-electron chi connectivity index (χ1n) is 4.89. The Labute approximate surface area is 93.6 Å². The first-order valence-corrected chi connectivity index (χ1v) is 4.89. The van der Waals surface area contributed by atoms with Crippen molar-refractivity contribution in [2.45, 2.75) is 19.5 Å². The molecule has 1 amide bonds. The van der Waals surface area contributed by atoms with E-state index >= 15 is 0 Å². The Balaban J connectivity index is 2.64. The number of benzene rings is 1. The zero-order chi connectivity index (χ0) is 12.1. The Hall–Kier alpha value is -1.62. The number of primary amides is 1. The van der Waals surface area contributed by atoms with Crippen LogP contribution in [0.4, 0.5) is 4.39 Å². The summed E-state index contributed by atoms with van der Waals surface area (Å²) in [6.45, 7) is 1.88. The molecule has 5 heteroatoms. The van der Waals surface area contributed by atoms with E-state index < -0.39 is 11.9 Å². The number of carbonyl (C=O) groups excluding carboxylic acids is 1. The lowest BCUT2D eigenvalue weighted by molar-refractivity contribution is -0.119. The second kappa shape index (κ2) is 5.46. The molecule has 3 N–H and O–H groups in total. The third-order valence-electron chi connectivity index (χ3n) is 2.29. The van der Waals surface area contributed by atoms with E-state index in [4.69, 9.17) is 10.5 Å². The van der Waals surface area contributed by atoms with Crippen LogP contribution in [0.3, 0.4) is 0 Å². The van der Waals surface area contributed by atoms with Crippen molar-refractivity contribution >= 4 is 5.91 Å². The first kappa shape index (κ1) is 12.4. The maximum atomic E-state index is 13.5. The van der Waals surface area contributed by atoms with E-state index in [1.807, 2.05) is 0 Å². The lowest BCUT2D eigenvalue weighted by Crippen LogP contribution is -2.38. The third-order valence-corrected chi connectivity index (χ3v) is 2.29. The fourth-order valence-electron chi connectivity index (χ4n) is 1.16. The molecule has 1 unspecified atom stereocenters. The molecule has 16 heavy (non-hydrogen) atoms. The van der Waals surface area contributed by atoms with Gasteiger partial charge in [-0.2, -0.15) is 0 Å². The Morgan fingerprint density at radius 1 is 1.62 bits per heavy atom. The second-order valence-electron chi connectivity index (χ2n) is 3.46. The van der Waals surface area contributed by atoms with Gasteiger partial charge in [0.2, 0.25) is 5.91 Å². The van der Waals surface area contributed by atoms with Gasteiger partial charge in [0.25, 0.3) is 0 Å². The molecule has 1 aromatic rings. The van der Waals surface area contributed by atoms with Crippen molar-refractivity contribution in [3.05, 3.63) is 29.6 Å². The van der Waals surface area contributed by atoms with Crippen molar-refractivity contribution < 1.29 is 13.9 Å². The minimum atomic E-state index is -0.485. The standard InChI is InChI=1S/C11H15FN2O2/c1-7(11(13)15)14-6-8-3-4-9(16-2)5-10(8)12/h3-5,7,14H,6H2,1-2H3,(H2,13,15). The van der Waals surface area contributed by atoms with Gasteiger partial charge in [0, 0.05) is 18.2 Å². The molecule has 88 valence electrons. The van der Waals surface area contributed by atoms with E-state index in [-0.39, 0.29) is 12.4 Å². The highest BCUT2D eigenvalue weighted by atomic mass is 19.1. The molecule has 1 aromatic carbocycles. The van der Waals surface area contributed by atoms with Gasteiger partial charge in [0.15, 0.2) is 0 Å². The van der Waals surface area contributed by atoms with Crippen LogP contribution in [-0.2, 0) is 11.3 Å². The summed E-state index contributed by atoms with van der Waals surface area (Å²) < 4.78 is 18.3. The molecule has 0 saturated carbocycles. The zero-order valence-corrected chi connectivity index (χ0v) is 9.29. The summed E-state index contributed by atoms with van der Waals surface area (Å²) in [6.07, 6.45) is 0. The Morgan fingerprint density at radius 3 is 2.81 bits per heavy atom. The monoisotopic (exact) mass is 226 g/mol. The molecule has 0 heterocycles. The molecule has 1 atom stereocenters. The number of amides is 1. The maximum Gasteiger partial charge on any atom is 0.234 e. The SMILES string of the molecule is COc1ccc(CNC(C)C(N)=O)c(F)c1. The minimum absolute atomic E-state index is 0.250. The van der Waals surface area contributed by atoms with Crippen molar-refractivity contribution in [3.63, 3.8) is 0 Å². The van der Waals surface area contributed by atoms with Crippen molar-refractivity contribution in [2.75, 3.05) is 7.11 Å². The lowest BCUT2D eigenvalue weighted by Gasteiger charge is -2.11. The average molecular weight is 226 g/mol. The van der Waals surface area contributed by atoms with E-state index in [0.717, 1.165) is 0 Å². The molecule has 0 spiro atoms. The highest BCUT2D eigenvalue weighted by Gasteiger charge is 2.09. The molecule has 0 aliphatic heterocycles. The van der Waals surface area contributed by atoms with Crippen molar-refractivity contribution in [1.29, 1.82) is 0 Å². The quantitative estimate of drug-likeness (QED) is 0.780. The number of nitrogens with one attached hydrogen (secondary N) is 1. The number of methoxy groups -OCH3 is 1. The molecular formula is C11H15FN2O2. The van der Waals surface area contributed by atoms with Gasteiger partial charge in [-0.15, -0.1) is 0 Å². The van der Waals surface area contributed by atoms with E-state index in [9.17, 15) is 9.18 Å². The summed E-state index contributed by atoms with van der Waals surface area (Å²) in [5, 5.41) is 2.82. The number of nitrogens with two attached hydrogens (primary N) is 1. The van der Waals surface area contributed by atoms with Gasteiger partial charge in [-0.25, -0.2) is 4.39 Å². The number of hydrogen-bond donors (Lipinski definition) is 2. The molecule has 1 rings (SSSR count). The summed E-state index contributed by atoms with van der Waals surface area (Å²) >= 11 is 0. The first-order chi connectivity index (χ1) is 7.54. The molecule has 4 nitrogen and oxygen atoms in total. The number of rotatable bonds is 5. The van der Waals surface area contributed by atoms with Crippen molar-refractivity contribution in [1.82, 2.24) is 5.32 Å². The molecule has 0 aliphatic rings. The Kier molecular flexibility index (Phi) is 4.25. The topological polar surface area (TPSA) is 64.3 Å². The minimum Gasteiger partial charge on any atom is -0.497 e. The van der Waals surface area contributed by atoms with Crippen LogP contribution in [0.25, 0.3) is 0 Å². The van der Waals surface area contributed by atoms with Gasteiger partial charge in [0.05, 0.1) is 13.2 Å². The van der Waals surface area contributed by atoms with Gasteiger partial charge < -0.3 is 15.8 Å². The molecule has 0 aromatic heterocycles. The predicted molar refractivity (Wildman–Crippen MR) is 58.4 cm³/mol. The van der Waals surface area contributed by atoms with Crippen LogP contribution in [0, 0.1) is 5.82 Å². The molecule has 0 saturated heterocycles. The summed E-state index contributed by atoms with van der Waals surface area (Å²) in [5.41, 5.74) is 5.54. The van der Waals surface area contributed by atoms with Crippen LogP contribution >= 0.6 is 0 Å². The zero-order valence-electron chi connectivity index (χ0n) is 9.29. The summed E-state index contributed by atoms with van der Waals surface area (Å²) in [4.78, 5) is 10.8. The van der Waals surface area contributed by atoms with Crippen LogP contribution in [-0.4, -0.2) is 19.1 Å². The Morgan fingerprint density at radius 2 is 2.31 bits per heavy atom.